The van der Waals surface area contributed by atoms with Crippen molar-refractivity contribution in [2.45, 2.75) is 0 Å². The summed E-state index contributed by atoms with van der Waals surface area (Å²) in [7, 11) is 1.45. The third-order valence-electron chi connectivity index (χ3n) is 2.80. The van der Waals surface area contributed by atoms with Gasteiger partial charge in [-0.1, -0.05) is 18.2 Å². The maximum atomic E-state index is 12.2. The number of hydrogen-bond acceptors (Lipinski definition) is 3. The number of aromatic amines is 1. The molecule has 0 bridgehead atoms. The van der Waals surface area contributed by atoms with Gasteiger partial charge in [0.15, 0.2) is 0 Å². The van der Waals surface area contributed by atoms with E-state index >= 15 is 0 Å². The number of nitrogens with zero attached hydrogens (tertiary/aromatic N) is 1. The smallest absolute Gasteiger partial charge is 0.337 e. The number of aromatic nitrogens is 1. The van der Waals surface area contributed by atoms with Crippen molar-refractivity contribution in [1.29, 1.82) is 0 Å². The standard InChI is InChI=1S/C14H12N2O4/c1-16(11-7-3-2-5-9(11)14(19)20)13(18)10-6-4-8-12(17)15-10/h2-8H,1H3,(H,15,17)(H,19,20). The zero-order valence-electron chi connectivity index (χ0n) is 10.7. The number of carboxylic acids is 1. The third-order valence-corrected chi connectivity index (χ3v) is 2.80. The Balaban J connectivity index is 2.41. The van der Waals surface area contributed by atoms with E-state index in [0.29, 0.717) is 0 Å². The molecule has 2 N–H and O–H groups in total. The summed E-state index contributed by atoms with van der Waals surface area (Å²) in [6.45, 7) is 0. The molecule has 6 nitrogen and oxygen atoms in total. The average molecular weight is 272 g/mol. The molecular formula is C14H12N2O4. The summed E-state index contributed by atoms with van der Waals surface area (Å²) in [6, 6.07) is 10.4. The summed E-state index contributed by atoms with van der Waals surface area (Å²) >= 11 is 0. The molecule has 0 atom stereocenters. The minimum absolute atomic E-state index is 0.0154. The number of anilines is 1. The Kier molecular flexibility index (Phi) is 3.65. The molecule has 0 saturated heterocycles. The second-order valence-corrected chi connectivity index (χ2v) is 4.12. The van der Waals surface area contributed by atoms with Crippen molar-refractivity contribution in [3.05, 3.63) is 64.1 Å². The summed E-state index contributed by atoms with van der Waals surface area (Å²) in [5, 5.41) is 9.12. The largest absolute Gasteiger partial charge is 0.478 e. The van der Waals surface area contributed by atoms with Crippen LogP contribution >= 0.6 is 0 Å². The van der Waals surface area contributed by atoms with E-state index in [1.54, 1.807) is 12.1 Å². The van der Waals surface area contributed by atoms with Crippen molar-refractivity contribution in [2.24, 2.45) is 0 Å². The molecule has 0 aliphatic heterocycles. The lowest BCUT2D eigenvalue weighted by molar-refractivity contribution is 0.0697. The zero-order valence-corrected chi connectivity index (χ0v) is 10.7. The predicted molar refractivity (Wildman–Crippen MR) is 73.2 cm³/mol. The Morgan fingerprint density at radius 3 is 2.45 bits per heavy atom. The van der Waals surface area contributed by atoms with E-state index in [1.807, 2.05) is 0 Å². The number of nitrogens with one attached hydrogen (secondary N) is 1. The molecule has 2 rings (SSSR count). The highest BCUT2D eigenvalue weighted by Gasteiger charge is 2.19. The molecule has 1 aromatic heterocycles. The van der Waals surface area contributed by atoms with Crippen LogP contribution in [0.25, 0.3) is 0 Å². The van der Waals surface area contributed by atoms with Gasteiger partial charge in [0.2, 0.25) is 5.56 Å². The molecule has 0 fully saturated rings. The number of H-pyrrole nitrogens is 1. The van der Waals surface area contributed by atoms with E-state index in [9.17, 15) is 14.4 Å². The molecule has 20 heavy (non-hydrogen) atoms. The summed E-state index contributed by atoms with van der Waals surface area (Å²) < 4.78 is 0. The van der Waals surface area contributed by atoms with E-state index in [-0.39, 0.29) is 16.9 Å². The molecule has 0 spiro atoms. The van der Waals surface area contributed by atoms with Crippen LogP contribution in [0, 0.1) is 0 Å². The van der Waals surface area contributed by atoms with Crippen LogP contribution in [-0.4, -0.2) is 29.0 Å². The average Bonchev–Trinajstić information content (AvgIpc) is 2.45. The first-order valence-corrected chi connectivity index (χ1v) is 5.80. The quantitative estimate of drug-likeness (QED) is 0.882. The van der Waals surface area contributed by atoms with E-state index in [1.165, 1.54) is 42.3 Å². The zero-order chi connectivity index (χ0) is 14.7. The van der Waals surface area contributed by atoms with E-state index in [2.05, 4.69) is 4.98 Å². The van der Waals surface area contributed by atoms with Gasteiger partial charge in [-0.15, -0.1) is 0 Å². The third kappa shape index (κ3) is 2.59. The molecule has 0 aliphatic carbocycles. The first-order valence-electron chi connectivity index (χ1n) is 5.80. The number of carbonyl (C=O) groups excluding carboxylic acids is 1. The molecule has 0 saturated carbocycles. The van der Waals surface area contributed by atoms with Crippen LogP contribution in [0.2, 0.25) is 0 Å². The highest BCUT2D eigenvalue weighted by molar-refractivity contribution is 6.08. The number of para-hydroxylation sites is 1. The highest BCUT2D eigenvalue weighted by atomic mass is 16.4. The van der Waals surface area contributed by atoms with Gasteiger partial charge in [0.05, 0.1) is 11.3 Å². The summed E-state index contributed by atoms with van der Waals surface area (Å²) in [5.41, 5.74) is -0.0210. The van der Waals surface area contributed by atoms with Gasteiger partial charge < -0.3 is 15.0 Å². The highest BCUT2D eigenvalue weighted by Crippen LogP contribution is 2.20. The lowest BCUT2D eigenvalue weighted by atomic mass is 10.1. The lowest BCUT2D eigenvalue weighted by Crippen LogP contribution is -2.29. The number of aromatic carboxylic acids is 1. The fourth-order valence-electron chi connectivity index (χ4n) is 1.81. The lowest BCUT2D eigenvalue weighted by Gasteiger charge is -2.19. The maximum Gasteiger partial charge on any atom is 0.337 e. The molecule has 0 aliphatic rings. The summed E-state index contributed by atoms with van der Waals surface area (Å²) in [6.07, 6.45) is 0. The van der Waals surface area contributed by atoms with Gasteiger partial charge in [-0.3, -0.25) is 9.59 Å². The Hall–Kier alpha value is -2.89. The van der Waals surface area contributed by atoms with Gasteiger partial charge in [0.25, 0.3) is 5.91 Å². The fourth-order valence-corrected chi connectivity index (χ4v) is 1.81. The molecule has 0 radical (unpaired) electrons. The first kappa shape index (κ1) is 13.5. The monoisotopic (exact) mass is 272 g/mol. The van der Waals surface area contributed by atoms with Crippen molar-refractivity contribution in [3.63, 3.8) is 0 Å². The minimum atomic E-state index is -1.12. The molecule has 1 aromatic carbocycles. The molecule has 1 heterocycles. The number of amides is 1. The molecule has 6 heteroatoms. The van der Waals surface area contributed by atoms with E-state index in [4.69, 9.17) is 5.11 Å². The molecule has 2 aromatic rings. The van der Waals surface area contributed by atoms with Crippen LogP contribution in [0.3, 0.4) is 0 Å². The van der Waals surface area contributed by atoms with Crippen molar-refractivity contribution in [2.75, 3.05) is 11.9 Å². The minimum Gasteiger partial charge on any atom is -0.478 e. The van der Waals surface area contributed by atoms with Gasteiger partial charge in [-0.25, -0.2) is 4.79 Å². The number of carboxylic acid groups (broad SMARTS) is 1. The number of benzene rings is 1. The number of pyridine rings is 1. The van der Waals surface area contributed by atoms with Crippen LogP contribution in [0.15, 0.2) is 47.3 Å². The van der Waals surface area contributed by atoms with Crippen molar-refractivity contribution in [1.82, 2.24) is 4.98 Å². The second kappa shape index (κ2) is 5.40. The molecule has 1 amide bonds. The maximum absolute atomic E-state index is 12.2. The molecule has 0 unspecified atom stereocenters. The summed E-state index contributed by atoms with van der Waals surface area (Å²) in [4.78, 5) is 38.2. The first-order chi connectivity index (χ1) is 9.50. The number of rotatable bonds is 3. The Morgan fingerprint density at radius 1 is 1.10 bits per heavy atom. The molecule has 102 valence electrons. The van der Waals surface area contributed by atoms with Crippen molar-refractivity contribution < 1.29 is 14.7 Å². The van der Waals surface area contributed by atoms with Crippen LogP contribution in [0.5, 0.6) is 0 Å². The van der Waals surface area contributed by atoms with Crippen LogP contribution < -0.4 is 10.5 Å². The Labute approximate surface area is 114 Å². The number of carbonyl (C=O) groups is 2. The van der Waals surface area contributed by atoms with Crippen molar-refractivity contribution >= 4 is 17.6 Å². The Bertz CT molecular complexity index is 721. The summed E-state index contributed by atoms with van der Waals surface area (Å²) in [5.74, 6) is -1.61. The van der Waals surface area contributed by atoms with Crippen LogP contribution in [0.4, 0.5) is 5.69 Å². The van der Waals surface area contributed by atoms with E-state index in [0.717, 1.165) is 0 Å². The van der Waals surface area contributed by atoms with Gasteiger partial charge in [-0.2, -0.15) is 0 Å². The van der Waals surface area contributed by atoms with Gasteiger partial charge >= 0.3 is 5.97 Å². The fraction of sp³-hybridized carbons (Fsp3) is 0.0714. The van der Waals surface area contributed by atoms with Gasteiger partial charge in [0, 0.05) is 13.1 Å². The van der Waals surface area contributed by atoms with Gasteiger partial charge in [0.1, 0.15) is 5.69 Å². The van der Waals surface area contributed by atoms with Crippen LogP contribution in [-0.2, 0) is 0 Å². The normalized spacial score (nSPS) is 10.1. The topological polar surface area (TPSA) is 90.5 Å². The van der Waals surface area contributed by atoms with Crippen molar-refractivity contribution in [3.8, 4) is 0 Å². The Morgan fingerprint density at radius 2 is 1.80 bits per heavy atom. The number of hydrogen-bond donors (Lipinski definition) is 2. The molecular weight excluding hydrogens is 260 g/mol. The SMILES string of the molecule is CN(C(=O)c1cccc(=O)[nH]1)c1ccccc1C(=O)O. The van der Waals surface area contributed by atoms with E-state index < -0.39 is 17.4 Å². The van der Waals surface area contributed by atoms with Gasteiger partial charge in [-0.05, 0) is 18.2 Å². The van der Waals surface area contributed by atoms with Crippen LogP contribution in [0.1, 0.15) is 20.8 Å². The predicted octanol–water partition coefficient (Wildman–Crippen LogP) is 1.35. The second-order valence-electron chi connectivity index (χ2n) is 4.12.